The molecule has 1 aliphatic rings. The van der Waals surface area contributed by atoms with Gasteiger partial charge in [-0.15, -0.1) is 0 Å². The molecule has 0 amide bonds. The maximum atomic E-state index is 5.34. The lowest BCUT2D eigenvalue weighted by atomic mass is 10.1. The van der Waals surface area contributed by atoms with E-state index < -0.39 is 0 Å². The third-order valence-electron chi connectivity index (χ3n) is 3.73. The van der Waals surface area contributed by atoms with Crippen LogP contribution in [0, 0.1) is 0 Å². The van der Waals surface area contributed by atoms with Crippen LogP contribution in [0.5, 0.6) is 0 Å². The Morgan fingerprint density at radius 2 is 2.14 bits per heavy atom. The van der Waals surface area contributed by atoms with Crippen LogP contribution in [0.15, 0.2) is 23.4 Å². The Labute approximate surface area is 132 Å². The smallest absolute Gasteiger partial charge is 0.189 e. The first-order valence-electron chi connectivity index (χ1n) is 7.75. The molecule has 0 unspecified atom stereocenters. The molecule has 1 aliphatic heterocycles. The van der Waals surface area contributed by atoms with Crippen LogP contribution in [-0.2, 0) is 6.42 Å². The van der Waals surface area contributed by atoms with E-state index in [2.05, 4.69) is 33.4 Å². The van der Waals surface area contributed by atoms with Crippen molar-refractivity contribution in [3.05, 3.63) is 29.6 Å². The molecule has 0 aromatic carbocycles. The number of likely N-dealkylation sites (tertiary alicyclic amines) is 1. The number of thiocarbonyl (C=S) groups is 1. The van der Waals surface area contributed by atoms with Crippen molar-refractivity contribution < 1.29 is 0 Å². The van der Waals surface area contributed by atoms with Gasteiger partial charge in [-0.05, 0) is 56.5 Å². The molecule has 4 nitrogen and oxygen atoms in total. The van der Waals surface area contributed by atoms with E-state index in [1.54, 1.807) is 0 Å². The standard InChI is InChI=1S/C16H24N4S/c1-3-4-7-14-8-9-15(17-12-14)13(2)18-19-16(21)20-10-5-6-11-20/h8-9,12H,3-7,10-11H2,1-2H3,(H,19,21)/b18-13-. The van der Waals surface area contributed by atoms with Gasteiger partial charge >= 0.3 is 0 Å². The zero-order valence-corrected chi connectivity index (χ0v) is 13.7. The Morgan fingerprint density at radius 3 is 2.76 bits per heavy atom. The quantitative estimate of drug-likeness (QED) is 0.515. The van der Waals surface area contributed by atoms with Gasteiger partial charge in [0.25, 0.3) is 0 Å². The number of rotatable bonds is 5. The summed E-state index contributed by atoms with van der Waals surface area (Å²) in [5, 5.41) is 5.07. The van der Waals surface area contributed by atoms with Crippen molar-refractivity contribution in [3.63, 3.8) is 0 Å². The van der Waals surface area contributed by atoms with E-state index in [4.69, 9.17) is 12.2 Å². The van der Waals surface area contributed by atoms with Crippen molar-refractivity contribution in [2.75, 3.05) is 13.1 Å². The number of hydrogen-bond donors (Lipinski definition) is 1. The van der Waals surface area contributed by atoms with Gasteiger partial charge in [0.15, 0.2) is 5.11 Å². The lowest BCUT2D eigenvalue weighted by Gasteiger charge is -2.17. The third-order valence-corrected chi connectivity index (χ3v) is 4.08. The maximum Gasteiger partial charge on any atom is 0.189 e. The SMILES string of the molecule is CCCCc1ccc(/C(C)=N\NC(=S)N2CCCC2)nc1. The predicted molar refractivity (Wildman–Crippen MR) is 91.6 cm³/mol. The average molecular weight is 304 g/mol. The first-order chi connectivity index (χ1) is 10.2. The lowest BCUT2D eigenvalue weighted by molar-refractivity contribution is 0.509. The van der Waals surface area contributed by atoms with Crippen molar-refractivity contribution in [2.45, 2.75) is 46.0 Å². The molecule has 21 heavy (non-hydrogen) atoms. The minimum absolute atomic E-state index is 0.714. The van der Waals surface area contributed by atoms with Gasteiger partial charge in [-0.25, -0.2) is 0 Å². The second kappa shape index (κ2) is 8.08. The van der Waals surface area contributed by atoms with Gasteiger partial charge in [-0.1, -0.05) is 19.4 Å². The van der Waals surface area contributed by atoms with E-state index in [1.165, 1.54) is 31.2 Å². The van der Waals surface area contributed by atoms with Crippen LogP contribution in [0.25, 0.3) is 0 Å². The van der Waals surface area contributed by atoms with Crippen molar-refractivity contribution in [2.24, 2.45) is 5.10 Å². The fourth-order valence-corrected chi connectivity index (χ4v) is 2.58. The summed E-state index contributed by atoms with van der Waals surface area (Å²) in [6, 6.07) is 4.17. The van der Waals surface area contributed by atoms with Crippen LogP contribution in [0.4, 0.5) is 0 Å². The van der Waals surface area contributed by atoms with Crippen LogP contribution in [0.1, 0.15) is 50.8 Å². The summed E-state index contributed by atoms with van der Waals surface area (Å²) < 4.78 is 0. The van der Waals surface area contributed by atoms with Crippen LogP contribution in [-0.4, -0.2) is 33.8 Å². The minimum atomic E-state index is 0.714. The summed E-state index contributed by atoms with van der Waals surface area (Å²) in [6.07, 6.45) is 7.89. The summed E-state index contributed by atoms with van der Waals surface area (Å²) in [5.74, 6) is 0. The van der Waals surface area contributed by atoms with Crippen LogP contribution in [0.3, 0.4) is 0 Å². The highest BCUT2D eigenvalue weighted by atomic mass is 32.1. The Kier molecular flexibility index (Phi) is 6.11. The van der Waals surface area contributed by atoms with E-state index in [-0.39, 0.29) is 0 Å². The van der Waals surface area contributed by atoms with Gasteiger partial charge in [0.1, 0.15) is 0 Å². The number of nitrogens with one attached hydrogen (secondary N) is 1. The normalized spacial score (nSPS) is 15.3. The second-order valence-corrected chi connectivity index (χ2v) is 5.85. The molecule has 0 saturated carbocycles. The number of aromatic nitrogens is 1. The van der Waals surface area contributed by atoms with Crippen molar-refractivity contribution in [1.29, 1.82) is 0 Å². The Balaban J connectivity index is 1.90. The molecule has 1 N–H and O–H groups in total. The number of pyridine rings is 1. The predicted octanol–water partition coefficient (Wildman–Crippen LogP) is 3.12. The molecular formula is C16H24N4S. The summed E-state index contributed by atoms with van der Waals surface area (Å²) >= 11 is 5.34. The first kappa shape index (κ1) is 15.9. The molecule has 2 rings (SSSR count). The summed E-state index contributed by atoms with van der Waals surface area (Å²) in [7, 11) is 0. The molecule has 0 atom stereocenters. The molecule has 0 radical (unpaired) electrons. The van der Waals surface area contributed by atoms with Gasteiger partial charge in [0, 0.05) is 19.3 Å². The Morgan fingerprint density at radius 1 is 1.38 bits per heavy atom. The van der Waals surface area contributed by atoms with Gasteiger partial charge < -0.3 is 4.90 Å². The molecule has 5 heteroatoms. The number of hydrazone groups is 1. The zero-order valence-electron chi connectivity index (χ0n) is 12.9. The maximum absolute atomic E-state index is 5.34. The fraction of sp³-hybridized carbons (Fsp3) is 0.562. The third kappa shape index (κ3) is 4.77. The zero-order chi connectivity index (χ0) is 15.1. The summed E-state index contributed by atoms with van der Waals surface area (Å²) in [6.45, 7) is 6.22. The summed E-state index contributed by atoms with van der Waals surface area (Å²) in [5.41, 5.74) is 6.02. The highest BCUT2D eigenvalue weighted by Gasteiger charge is 2.14. The molecule has 2 heterocycles. The Bertz CT molecular complexity index is 490. The van der Waals surface area contributed by atoms with E-state index in [1.807, 2.05) is 19.2 Å². The largest absolute Gasteiger partial charge is 0.348 e. The van der Waals surface area contributed by atoms with Crippen LogP contribution in [0.2, 0.25) is 0 Å². The fourth-order valence-electron chi connectivity index (χ4n) is 2.35. The Hall–Kier alpha value is -1.49. The monoisotopic (exact) mass is 304 g/mol. The average Bonchev–Trinajstić information content (AvgIpc) is 3.05. The van der Waals surface area contributed by atoms with E-state index in [0.29, 0.717) is 5.11 Å². The van der Waals surface area contributed by atoms with Crippen molar-refractivity contribution >= 4 is 23.0 Å². The number of nitrogens with zero attached hydrogens (tertiary/aromatic N) is 3. The molecular weight excluding hydrogens is 280 g/mol. The summed E-state index contributed by atoms with van der Waals surface area (Å²) in [4.78, 5) is 6.64. The van der Waals surface area contributed by atoms with Crippen LogP contribution >= 0.6 is 12.2 Å². The minimum Gasteiger partial charge on any atom is -0.348 e. The lowest BCUT2D eigenvalue weighted by Crippen LogP contribution is -2.35. The number of unbranched alkanes of at least 4 members (excludes halogenated alkanes) is 1. The molecule has 1 saturated heterocycles. The molecule has 114 valence electrons. The van der Waals surface area contributed by atoms with Gasteiger partial charge in [-0.3, -0.25) is 10.4 Å². The second-order valence-electron chi connectivity index (χ2n) is 5.46. The molecule has 0 spiro atoms. The number of hydrogen-bond acceptors (Lipinski definition) is 3. The molecule has 1 aromatic heterocycles. The van der Waals surface area contributed by atoms with Gasteiger partial charge in [-0.2, -0.15) is 5.10 Å². The van der Waals surface area contributed by atoms with Crippen molar-refractivity contribution in [3.8, 4) is 0 Å². The molecule has 0 bridgehead atoms. The van der Waals surface area contributed by atoms with E-state index >= 15 is 0 Å². The first-order valence-corrected chi connectivity index (χ1v) is 8.16. The van der Waals surface area contributed by atoms with Gasteiger partial charge in [0.05, 0.1) is 11.4 Å². The highest BCUT2D eigenvalue weighted by Crippen LogP contribution is 2.08. The number of aryl methyl sites for hydroxylation is 1. The topological polar surface area (TPSA) is 40.5 Å². The van der Waals surface area contributed by atoms with Crippen molar-refractivity contribution in [1.82, 2.24) is 15.3 Å². The molecule has 0 aliphatic carbocycles. The van der Waals surface area contributed by atoms with E-state index in [9.17, 15) is 0 Å². The van der Waals surface area contributed by atoms with Crippen LogP contribution < -0.4 is 5.43 Å². The molecule has 1 aromatic rings. The van der Waals surface area contributed by atoms with E-state index in [0.717, 1.165) is 30.9 Å². The molecule has 1 fully saturated rings. The van der Waals surface area contributed by atoms with Gasteiger partial charge in [0.2, 0.25) is 0 Å². The highest BCUT2D eigenvalue weighted by molar-refractivity contribution is 7.80.